The molecule has 1 aromatic carbocycles. The van der Waals surface area contributed by atoms with E-state index in [1.54, 1.807) is 18.2 Å². The number of nitrogens with zero attached hydrogens (tertiary/aromatic N) is 1. The van der Waals surface area contributed by atoms with Crippen LogP contribution in [0.1, 0.15) is 5.56 Å². The Hall–Kier alpha value is -2.48. The highest BCUT2D eigenvalue weighted by Crippen LogP contribution is 2.33. The van der Waals surface area contributed by atoms with E-state index in [0.717, 1.165) is 6.08 Å². The molecule has 1 aromatic heterocycles. The van der Waals surface area contributed by atoms with Crippen LogP contribution >= 0.6 is 15.9 Å². The highest BCUT2D eigenvalue weighted by Gasteiger charge is 2.14. The van der Waals surface area contributed by atoms with Crippen LogP contribution in [0.15, 0.2) is 47.2 Å². The van der Waals surface area contributed by atoms with Crippen molar-refractivity contribution in [2.75, 3.05) is 7.11 Å². The van der Waals surface area contributed by atoms with Gasteiger partial charge in [-0.3, -0.25) is 0 Å². The quantitative estimate of drug-likeness (QED) is 0.416. The maximum absolute atomic E-state index is 12.5. The monoisotopic (exact) mass is 399 g/mol. The third-order valence-corrected chi connectivity index (χ3v) is 3.37. The molecule has 2 aromatic rings. The van der Waals surface area contributed by atoms with E-state index in [4.69, 9.17) is 9.47 Å². The lowest BCUT2D eigenvalue weighted by atomic mass is 10.1. The van der Waals surface area contributed by atoms with Crippen molar-refractivity contribution in [2.24, 2.45) is 0 Å². The second kappa shape index (κ2) is 8.39. The van der Waals surface area contributed by atoms with Crippen molar-refractivity contribution in [2.45, 2.75) is 6.61 Å². The highest BCUT2D eigenvalue weighted by molar-refractivity contribution is 9.10. The van der Waals surface area contributed by atoms with Crippen LogP contribution in [0.5, 0.6) is 17.2 Å². The normalized spacial score (nSPS) is 10.9. The number of methoxy groups -OCH3 is 1. The number of hydrogen-bond donors (Lipinski definition) is 0. The van der Waals surface area contributed by atoms with Crippen molar-refractivity contribution in [3.8, 4) is 17.2 Å². The van der Waals surface area contributed by atoms with Crippen LogP contribution in [0.25, 0.3) is 6.08 Å². The molecule has 0 radical (unpaired) electrons. The van der Waals surface area contributed by atoms with Crippen molar-refractivity contribution < 1.29 is 27.8 Å². The number of ether oxygens (including phenoxy) is 3. The summed E-state index contributed by atoms with van der Waals surface area (Å²) in [5.74, 6) is -0.501. The summed E-state index contributed by atoms with van der Waals surface area (Å²) in [7, 11) is 1.33. The van der Waals surface area contributed by atoms with E-state index in [-0.39, 0.29) is 22.8 Å². The topological polar surface area (TPSA) is 57.7 Å². The maximum Gasteiger partial charge on any atom is 0.387 e. The van der Waals surface area contributed by atoms with Crippen LogP contribution in [-0.4, -0.2) is 24.7 Å². The second-order valence-corrected chi connectivity index (χ2v) is 5.06. The molecule has 5 nitrogen and oxygen atoms in total. The van der Waals surface area contributed by atoms with Crippen molar-refractivity contribution in [1.82, 2.24) is 4.98 Å². The van der Waals surface area contributed by atoms with Crippen molar-refractivity contribution >= 4 is 28.0 Å². The van der Waals surface area contributed by atoms with Gasteiger partial charge in [-0.05, 0) is 40.2 Å². The summed E-state index contributed by atoms with van der Waals surface area (Å²) in [4.78, 5) is 15.8. The molecule has 24 heavy (non-hydrogen) atoms. The molecule has 0 saturated carbocycles. The Morgan fingerprint density at radius 3 is 2.67 bits per heavy atom. The SMILES string of the molecule is COc1cccc(C=CC(=O)Oc2cccnc2Br)c1OC(F)F. The molecule has 0 unspecified atom stereocenters. The molecule has 0 aliphatic heterocycles. The summed E-state index contributed by atoms with van der Waals surface area (Å²) in [6.45, 7) is -3.02. The van der Waals surface area contributed by atoms with Gasteiger partial charge in [-0.2, -0.15) is 8.78 Å². The molecule has 0 saturated heterocycles. The fourth-order valence-corrected chi connectivity index (χ4v) is 2.12. The van der Waals surface area contributed by atoms with Gasteiger partial charge in [0.1, 0.15) is 4.60 Å². The smallest absolute Gasteiger partial charge is 0.387 e. The van der Waals surface area contributed by atoms with Crippen LogP contribution in [0.4, 0.5) is 8.78 Å². The average molecular weight is 400 g/mol. The molecule has 2 rings (SSSR count). The number of aromatic nitrogens is 1. The third kappa shape index (κ3) is 4.76. The molecule has 0 spiro atoms. The van der Waals surface area contributed by atoms with Crippen LogP contribution in [0.3, 0.4) is 0 Å². The number of hydrogen-bond acceptors (Lipinski definition) is 5. The number of rotatable bonds is 6. The molecule has 126 valence electrons. The van der Waals surface area contributed by atoms with Crippen molar-refractivity contribution in [3.05, 3.63) is 52.8 Å². The first-order chi connectivity index (χ1) is 11.5. The molecule has 0 amide bonds. The van der Waals surface area contributed by atoms with Crippen LogP contribution < -0.4 is 14.2 Å². The van der Waals surface area contributed by atoms with Gasteiger partial charge >= 0.3 is 12.6 Å². The van der Waals surface area contributed by atoms with Gasteiger partial charge in [0.05, 0.1) is 7.11 Å². The Morgan fingerprint density at radius 1 is 1.25 bits per heavy atom. The Bertz CT molecular complexity index is 753. The zero-order chi connectivity index (χ0) is 17.5. The van der Waals surface area contributed by atoms with E-state index in [2.05, 4.69) is 25.7 Å². The average Bonchev–Trinajstić information content (AvgIpc) is 2.55. The van der Waals surface area contributed by atoms with Crippen LogP contribution in [0, 0.1) is 0 Å². The van der Waals surface area contributed by atoms with Gasteiger partial charge in [-0.15, -0.1) is 0 Å². The lowest BCUT2D eigenvalue weighted by Crippen LogP contribution is -2.06. The van der Waals surface area contributed by atoms with Gasteiger partial charge < -0.3 is 14.2 Å². The van der Waals surface area contributed by atoms with Crippen molar-refractivity contribution in [3.63, 3.8) is 0 Å². The number of carbonyl (C=O) groups excluding carboxylic acids is 1. The zero-order valence-corrected chi connectivity index (χ0v) is 14.0. The lowest BCUT2D eigenvalue weighted by Gasteiger charge is -2.12. The molecule has 0 fully saturated rings. The Labute approximate surface area is 145 Å². The number of esters is 1. The summed E-state index contributed by atoms with van der Waals surface area (Å²) < 4.78 is 40.0. The Kier molecular flexibility index (Phi) is 6.25. The maximum atomic E-state index is 12.5. The predicted molar refractivity (Wildman–Crippen MR) is 86.2 cm³/mol. The minimum atomic E-state index is -3.02. The predicted octanol–water partition coefficient (Wildman–Crippen LogP) is 4.07. The van der Waals surface area contributed by atoms with E-state index in [1.165, 1.54) is 31.5 Å². The molecule has 0 bridgehead atoms. The minimum absolute atomic E-state index is 0.126. The third-order valence-electron chi connectivity index (χ3n) is 2.77. The molecule has 1 heterocycles. The number of benzene rings is 1. The number of halogens is 3. The van der Waals surface area contributed by atoms with Gasteiger partial charge in [0.15, 0.2) is 17.2 Å². The van der Waals surface area contributed by atoms with Crippen molar-refractivity contribution in [1.29, 1.82) is 0 Å². The van der Waals surface area contributed by atoms with Gasteiger partial charge in [0, 0.05) is 17.8 Å². The number of pyridine rings is 1. The van der Waals surface area contributed by atoms with E-state index < -0.39 is 12.6 Å². The highest BCUT2D eigenvalue weighted by atomic mass is 79.9. The summed E-state index contributed by atoms with van der Waals surface area (Å²) in [6, 6.07) is 7.72. The van der Waals surface area contributed by atoms with E-state index in [9.17, 15) is 13.6 Å². The second-order valence-electron chi connectivity index (χ2n) is 4.30. The Balaban J connectivity index is 2.19. The Morgan fingerprint density at radius 2 is 2.00 bits per heavy atom. The molecule has 0 aliphatic carbocycles. The standard InChI is InChI=1S/C16H12BrF2NO4/c1-22-11-5-2-4-10(14(11)24-16(18)19)7-8-13(21)23-12-6-3-9-20-15(12)17/h2-9,16H,1H3. The number of alkyl halides is 2. The number of carbonyl (C=O) groups is 1. The van der Waals surface area contributed by atoms with E-state index in [1.807, 2.05) is 0 Å². The van der Waals surface area contributed by atoms with Gasteiger partial charge in [0.2, 0.25) is 0 Å². The number of para-hydroxylation sites is 1. The lowest BCUT2D eigenvalue weighted by molar-refractivity contribution is -0.128. The van der Waals surface area contributed by atoms with E-state index in [0.29, 0.717) is 4.60 Å². The van der Waals surface area contributed by atoms with Gasteiger partial charge in [0.25, 0.3) is 0 Å². The molecule has 0 N–H and O–H groups in total. The first-order valence-corrected chi connectivity index (χ1v) is 7.42. The fourth-order valence-electron chi connectivity index (χ4n) is 1.79. The first kappa shape index (κ1) is 17.9. The van der Waals surface area contributed by atoms with E-state index >= 15 is 0 Å². The first-order valence-electron chi connectivity index (χ1n) is 6.63. The fraction of sp³-hybridized carbons (Fsp3) is 0.125. The molecular weight excluding hydrogens is 388 g/mol. The minimum Gasteiger partial charge on any atom is -0.493 e. The van der Waals surface area contributed by atoms with Crippen LogP contribution in [-0.2, 0) is 4.79 Å². The molecule has 0 atom stereocenters. The summed E-state index contributed by atoms with van der Waals surface area (Å²) in [5, 5.41) is 0. The summed E-state index contributed by atoms with van der Waals surface area (Å²) in [5.41, 5.74) is 0.247. The van der Waals surface area contributed by atoms with Gasteiger partial charge in [-0.25, -0.2) is 9.78 Å². The largest absolute Gasteiger partial charge is 0.493 e. The summed E-state index contributed by atoms with van der Waals surface area (Å²) >= 11 is 3.15. The molecule has 0 aliphatic rings. The van der Waals surface area contributed by atoms with Crippen LogP contribution in [0.2, 0.25) is 0 Å². The molecular formula is C16H12BrF2NO4. The van der Waals surface area contributed by atoms with Gasteiger partial charge in [-0.1, -0.05) is 12.1 Å². The summed E-state index contributed by atoms with van der Waals surface area (Å²) in [6.07, 6.45) is 3.92. The molecule has 8 heteroatoms. The zero-order valence-electron chi connectivity index (χ0n) is 12.4.